The van der Waals surface area contributed by atoms with Gasteiger partial charge in [0.15, 0.2) is 0 Å². The molecule has 40 heavy (non-hydrogen) atoms. The second-order valence-electron chi connectivity index (χ2n) is 9.47. The molecule has 2 saturated heterocycles. The zero-order chi connectivity index (χ0) is 27.2. The van der Waals surface area contributed by atoms with Gasteiger partial charge < -0.3 is 14.8 Å². The number of nitrogens with zero attached hydrogens (tertiary/aromatic N) is 1. The third-order valence-corrected chi connectivity index (χ3v) is 8.08. The first kappa shape index (κ1) is 30.8. The lowest BCUT2D eigenvalue weighted by atomic mass is 9.94. The third-order valence-electron chi connectivity index (χ3n) is 6.60. The molecule has 4 aromatic carbocycles. The van der Waals surface area contributed by atoms with Crippen LogP contribution in [0.15, 0.2) is 97.1 Å². The molecule has 0 aromatic heterocycles. The van der Waals surface area contributed by atoms with Gasteiger partial charge in [-0.1, -0.05) is 107 Å². The number of nitrogens with one attached hydrogen (secondary N) is 1. The molecule has 2 fully saturated rings. The van der Waals surface area contributed by atoms with Crippen LogP contribution in [-0.4, -0.2) is 43.3 Å². The standard InChI is InChI=1S/C22H19Cl2NO.C9H9Cl2NO.ClH/c23-20-12-11-18(13-21(20)24)26-19-14-25(15-19)22(16-7-3-1-4-8-16)17-9-5-2-6-10-17;10-8-2-1-6(3-9(8)11)13-7-4-12-5-7;/h1-13,19,22H,14-15H2;1-3,7,12H,4-5H2;1H. The summed E-state index contributed by atoms with van der Waals surface area (Å²) >= 11 is 23.6. The zero-order valence-electron chi connectivity index (χ0n) is 21.5. The number of hydrogen-bond donors (Lipinski definition) is 1. The van der Waals surface area contributed by atoms with Gasteiger partial charge in [-0.3, -0.25) is 4.90 Å². The highest BCUT2D eigenvalue weighted by Crippen LogP contribution is 2.34. The molecule has 4 nitrogen and oxygen atoms in total. The second-order valence-corrected chi connectivity index (χ2v) is 11.1. The van der Waals surface area contributed by atoms with Gasteiger partial charge in [-0.25, -0.2) is 0 Å². The maximum Gasteiger partial charge on any atom is 0.124 e. The molecule has 2 aliphatic rings. The van der Waals surface area contributed by atoms with Gasteiger partial charge in [-0.05, 0) is 35.4 Å². The summed E-state index contributed by atoms with van der Waals surface area (Å²) in [6.45, 7) is 3.55. The first-order valence-corrected chi connectivity index (χ1v) is 14.3. The average Bonchev–Trinajstić information content (AvgIpc) is 2.90. The molecule has 0 radical (unpaired) electrons. The molecule has 4 aromatic rings. The average molecular weight is 639 g/mol. The molecule has 0 saturated carbocycles. The van der Waals surface area contributed by atoms with Crippen molar-refractivity contribution in [1.29, 1.82) is 0 Å². The lowest BCUT2D eigenvalue weighted by Gasteiger charge is -2.44. The van der Waals surface area contributed by atoms with E-state index in [4.69, 9.17) is 55.9 Å². The topological polar surface area (TPSA) is 33.7 Å². The first-order chi connectivity index (χ1) is 19.0. The number of halogens is 5. The normalized spacial score (nSPS) is 15.2. The number of likely N-dealkylation sites (tertiary alicyclic amines) is 1. The van der Waals surface area contributed by atoms with Gasteiger partial charge in [0.2, 0.25) is 0 Å². The summed E-state index contributed by atoms with van der Waals surface area (Å²) in [6.07, 6.45) is 0.430. The Hall–Kier alpha value is -2.15. The van der Waals surface area contributed by atoms with E-state index in [1.54, 1.807) is 24.3 Å². The van der Waals surface area contributed by atoms with Crippen molar-refractivity contribution in [3.05, 3.63) is 128 Å². The highest BCUT2D eigenvalue weighted by molar-refractivity contribution is 6.42. The van der Waals surface area contributed by atoms with E-state index in [9.17, 15) is 0 Å². The predicted molar refractivity (Wildman–Crippen MR) is 168 cm³/mol. The Labute approximate surface area is 261 Å². The largest absolute Gasteiger partial charge is 0.488 e. The van der Waals surface area contributed by atoms with Crippen molar-refractivity contribution in [1.82, 2.24) is 10.2 Å². The van der Waals surface area contributed by atoms with Crippen LogP contribution in [-0.2, 0) is 0 Å². The zero-order valence-corrected chi connectivity index (χ0v) is 25.3. The highest BCUT2D eigenvalue weighted by Gasteiger charge is 2.35. The van der Waals surface area contributed by atoms with Crippen molar-refractivity contribution in [3.8, 4) is 11.5 Å². The predicted octanol–water partition coefficient (Wildman–Crippen LogP) is 8.61. The maximum atomic E-state index is 6.08. The van der Waals surface area contributed by atoms with E-state index in [2.05, 4.69) is 70.9 Å². The molecule has 0 aliphatic carbocycles. The first-order valence-electron chi connectivity index (χ1n) is 12.7. The Balaban J connectivity index is 0.000000223. The van der Waals surface area contributed by atoms with E-state index >= 15 is 0 Å². The number of benzene rings is 4. The molecule has 9 heteroatoms. The van der Waals surface area contributed by atoms with Crippen LogP contribution in [0.2, 0.25) is 20.1 Å². The van der Waals surface area contributed by atoms with E-state index in [0.29, 0.717) is 20.1 Å². The molecule has 0 bridgehead atoms. The third kappa shape index (κ3) is 7.98. The van der Waals surface area contributed by atoms with Crippen molar-refractivity contribution in [2.75, 3.05) is 26.2 Å². The number of hydrogen-bond acceptors (Lipinski definition) is 4. The Bertz CT molecular complexity index is 1330. The van der Waals surface area contributed by atoms with E-state index < -0.39 is 0 Å². The fourth-order valence-corrected chi connectivity index (χ4v) is 5.05. The minimum absolute atomic E-state index is 0. The molecule has 2 heterocycles. The van der Waals surface area contributed by atoms with E-state index in [-0.39, 0.29) is 30.7 Å². The van der Waals surface area contributed by atoms with Crippen LogP contribution in [0.3, 0.4) is 0 Å². The summed E-state index contributed by atoms with van der Waals surface area (Å²) in [6, 6.07) is 32.2. The van der Waals surface area contributed by atoms with Crippen molar-refractivity contribution in [3.63, 3.8) is 0 Å². The van der Waals surface area contributed by atoms with Crippen molar-refractivity contribution >= 4 is 58.8 Å². The highest BCUT2D eigenvalue weighted by atomic mass is 35.5. The molecule has 2 aliphatic heterocycles. The Morgan fingerprint density at radius 3 is 1.45 bits per heavy atom. The summed E-state index contributed by atoms with van der Waals surface area (Å²) in [5, 5.41) is 5.28. The number of rotatable bonds is 7. The van der Waals surface area contributed by atoms with Crippen LogP contribution in [0.4, 0.5) is 0 Å². The minimum atomic E-state index is 0. The molecule has 0 amide bonds. The number of ether oxygens (including phenoxy) is 2. The Kier molecular flexibility index (Phi) is 11.3. The van der Waals surface area contributed by atoms with Crippen LogP contribution in [0.1, 0.15) is 17.2 Å². The van der Waals surface area contributed by atoms with E-state index in [1.807, 2.05) is 12.1 Å². The van der Waals surface area contributed by atoms with Crippen LogP contribution in [0.25, 0.3) is 0 Å². The van der Waals surface area contributed by atoms with Gasteiger partial charge in [-0.15, -0.1) is 12.4 Å². The molecule has 6 rings (SSSR count). The van der Waals surface area contributed by atoms with Crippen LogP contribution in [0.5, 0.6) is 11.5 Å². The van der Waals surface area contributed by atoms with Crippen molar-refractivity contribution in [2.24, 2.45) is 0 Å². The lowest BCUT2D eigenvalue weighted by Crippen LogP contribution is -2.55. The van der Waals surface area contributed by atoms with Gasteiger partial charge in [0.05, 0.1) is 26.1 Å². The molecule has 0 atom stereocenters. The fourth-order valence-electron chi connectivity index (χ4n) is 4.47. The van der Waals surface area contributed by atoms with Gasteiger partial charge in [0.25, 0.3) is 0 Å². The molecular weight excluding hydrogens is 610 g/mol. The van der Waals surface area contributed by atoms with Gasteiger partial charge >= 0.3 is 0 Å². The maximum absolute atomic E-state index is 6.08. The summed E-state index contributed by atoms with van der Waals surface area (Å²) in [7, 11) is 0. The molecular formula is C31H29Cl5N2O2. The quantitative estimate of drug-likeness (QED) is 0.220. The smallest absolute Gasteiger partial charge is 0.124 e. The molecule has 0 spiro atoms. The Morgan fingerprint density at radius 1 is 0.600 bits per heavy atom. The van der Waals surface area contributed by atoms with Crippen LogP contribution >= 0.6 is 58.8 Å². The van der Waals surface area contributed by atoms with Crippen molar-refractivity contribution in [2.45, 2.75) is 18.2 Å². The van der Waals surface area contributed by atoms with Crippen molar-refractivity contribution < 1.29 is 9.47 Å². The van der Waals surface area contributed by atoms with Crippen LogP contribution in [0, 0.1) is 0 Å². The summed E-state index contributed by atoms with van der Waals surface area (Å²) in [5.74, 6) is 1.54. The molecule has 1 N–H and O–H groups in total. The van der Waals surface area contributed by atoms with Crippen LogP contribution < -0.4 is 14.8 Å². The van der Waals surface area contributed by atoms with Gasteiger partial charge in [0.1, 0.15) is 23.7 Å². The SMILES string of the molecule is Cl.Clc1ccc(OC2CN(C(c3ccccc3)c3ccccc3)C2)cc1Cl.Clc1ccc(OC2CNC2)cc1Cl. The van der Waals surface area contributed by atoms with E-state index in [0.717, 1.165) is 37.7 Å². The van der Waals surface area contributed by atoms with Gasteiger partial charge in [0, 0.05) is 38.3 Å². The summed E-state index contributed by atoms with van der Waals surface area (Å²) in [4.78, 5) is 2.44. The van der Waals surface area contributed by atoms with Gasteiger partial charge in [-0.2, -0.15) is 0 Å². The molecule has 210 valence electrons. The summed E-state index contributed by atoms with van der Waals surface area (Å²) < 4.78 is 11.6. The monoisotopic (exact) mass is 636 g/mol. The second kappa shape index (κ2) is 14.7. The fraction of sp³-hybridized carbons (Fsp3) is 0.226. The lowest BCUT2D eigenvalue weighted by molar-refractivity contribution is 0.000297. The Morgan fingerprint density at radius 2 is 1.05 bits per heavy atom. The minimum Gasteiger partial charge on any atom is -0.488 e. The van der Waals surface area contributed by atoms with E-state index in [1.165, 1.54) is 11.1 Å². The summed E-state index contributed by atoms with van der Waals surface area (Å²) in [5.41, 5.74) is 2.60. The molecule has 0 unspecified atom stereocenters.